The van der Waals surface area contributed by atoms with Gasteiger partial charge in [0.2, 0.25) is 0 Å². The van der Waals surface area contributed by atoms with Crippen LogP contribution in [-0.2, 0) is 18.9 Å². The molecule has 0 fully saturated rings. The Morgan fingerprint density at radius 2 is 1.53 bits per heavy atom. The summed E-state index contributed by atoms with van der Waals surface area (Å²) in [4.78, 5) is 21.2. The van der Waals surface area contributed by atoms with E-state index in [-0.39, 0.29) is 13.2 Å². The van der Waals surface area contributed by atoms with E-state index >= 15 is 0 Å². The molecule has 7 nitrogen and oxygen atoms in total. The smallest absolute Gasteiger partial charge is 0.434 e. The molecule has 0 unspecified atom stereocenters. The van der Waals surface area contributed by atoms with Crippen molar-refractivity contribution in [2.24, 2.45) is 0 Å². The first-order valence-electron chi connectivity index (χ1n) is 6.15. The van der Waals surface area contributed by atoms with Crippen molar-refractivity contribution in [1.29, 1.82) is 0 Å². The van der Waals surface area contributed by atoms with E-state index in [2.05, 4.69) is 5.32 Å². The zero-order chi connectivity index (χ0) is 14.3. The van der Waals surface area contributed by atoms with Crippen molar-refractivity contribution >= 4 is 19.8 Å². The Kier molecular flexibility index (Phi) is 12.3. The lowest BCUT2D eigenvalue weighted by molar-refractivity contribution is 0.00973. The average molecular weight is 273 g/mol. The number of hydrogen-bond acceptors (Lipinski definition) is 6. The van der Waals surface area contributed by atoms with Gasteiger partial charge in [-0.05, 0) is 6.42 Å². The van der Waals surface area contributed by atoms with Crippen LogP contribution in [0.15, 0.2) is 0 Å². The second-order valence-corrected chi connectivity index (χ2v) is 3.46. The summed E-state index contributed by atoms with van der Waals surface area (Å²) in [7, 11) is 4.86. The van der Waals surface area contributed by atoms with Gasteiger partial charge in [-0.25, -0.2) is 4.79 Å². The molecule has 1 amide bonds. The van der Waals surface area contributed by atoms with E-state index in [0.717, 1.165) is 6.42 Å². The second-order valence-electron chi connectivity index (χ2n) is 3.46. The SMILES string of the molecule is [B]C(=O)NCCOCCOCCOC(=O)OCCC. The normalized spacial score (nSPS) is 9.95. The fourth-order valence-electron chi connectivity index (χ4n) is 0.979. The van der Waals surface area contributed by atoms with Gasteiger partial charge in [0.25, 0.3) is 0 Å². The summed E-state index contributed by atoms with van der Waals surface area (Å²) in [5.74, 6) is -0.577. The van der Waals surface area contributed by atoms with Gasteiger partial charge in [-0.15, -0.1) is 0 Å². The van der Waals surface area contributed by atoms with Gasteiger partial charge >= 0.3 is 6.16 Å². The molecule has 0 heterocycles. The lowest BCUT2D eigenvalue weighted by Gasteiger charge is -2.07. The Balaban J connectivity index is 3.10. The van der Waals surface area contributed by atoms with E-state index < -0.39 is 12.0 Å². The van der Waals surface area contributed by atoms with E-state index in [1.165, 1.54) is 0 Å². The minimum absolute atomic E-state index is 0.145. The Bertz CT molecular complexity index is 251. The first-order chi connectivity index (χ1) is 9.16. The van der Waals surface area contributed by atoms with Crippen LogP contribution in [-0.4, -0.2) is 66.0 Å². The average Bonchev–Trinajstić information content (AvgIpc) is 2.38. The summed E-state index contributed by atoms with van der Waals surface area (Å²) in [6.07, 6.45) is 0.0762. The van der Waals surface area contributed by atoms with Crippen LogP contribution in [0, 0.1) is 0 Å². The number of carbonyl (C=O) groups is 2. The van der Waals surface area contributed by atoms with Crippen molar-refractivity contribution < 1.29 is 28.5 Å². The highest BCUT2D eigenvalue weighted by Crippen LogP contribution is 1.88. The molecule has 0 aromatic carbocycles. The summed E-state index contributed by atoms with van der Waals surface area (Å²) in [6, 6.07) is 0. The number of hydrogen-bond donors (Lipinski definition) is 1. The van der Waals surface area contributed by atoms with E-state index in [0.29, 0.717) is 33.0 Å². The number of amides is 1. The van der Waals surface area contributed by atoms with Gasteiger partial charge in [-0.1, -0.05) is 6.92 Å². The van der Waals surface area contributed by atoms with Crippen LogP contribution in [0.1, 0.15) is 13.3 Å². The Labute approximate surface area is 114 Å². The molecule has 2 radical (unpaired) electrons. The van der Waals surface area contributed by atoms with Crippen molar-refractivity contribution in [3.8, 4) is 0 Å². The quantitative estimate of drug-likeness (QED) is 0.334. The molecular weight excluding hydrogens is 253 g/mol. The zero-order valence-electron chi connectivity index (χ0n) is 11.2. The molecule has 0 saturated carbocycles. The summed E-state index contributed by atoms with van der Waals surface area (Å²) < 4.78 is 19.7. The standard InChI is InChI=1S/C11H20BNO6/c1-2-4-18-11(15)19-9-8-17-7-6-16-5-3-13-10(12)14/h2-9H2,1H3,(H,13,14). The zero-order valence-corrected chi connectivity index (χ0v) is 11.2. The third-order valence-corrected chi connectivity index (χ3v) is 1.79. The van der Waals surface area contributed by atoms with Gasteiger partial charge < -0.3 is 24.3 Å². The maximum atomic E-state index is 10.9. The van der Waals surface area contributed by atoms with Crippen molar-refractivity contribution in [3.05, 3.63) is 0 Å². The highest BCUT2D eigenvalue weighted by molar-refractivity contribution is 6.57. The third-order valence-electron chi connectivity index (χ3n) is 1.79. The van der Waals surface area contributed by atoms with Crippen LogP contribution in [0.3, 0.4) is 0 Å². The third kappa shape index (κ3) is 14.7. The van der Waals surface area contributed by atoms with Crippen molar-refractivity contribution in [2.45, 2.75) is 13.3 Å². The largest absolute Gasteiger partial charge is 0.508 e. The second kappa shape index (κ2) is 13.2. The summed E-state index contributed by atoms with van der Waals surface area (Å²) in [5.41, 5.74) is 0. The topological polar surface area (TPSA) is 83.1 Å². The van der Waals surface area contributed by atoms with Crippen LogP contribution >= 0.6 is 0 Å². The van der Waals surface area contributed by atoms with E-state index in [1.54, 1.807) is 0 Å². The predicted octanol–water partition coefficient (Wildman–Crippen LogP) is 0.461. The Morgan fingerprint density at radius 3 is 2.16 bits per heavy atom. The molecule has 0 spiro atoms. The lowest BCUT2D eigenvalue weighted by atomic mass is 10.1. The minimum atomic E-state index is -0.681. The first kappa shape index (κ1) is 17.7. The summed E-state index contributed by atoms with van der Waals surface area (Å²) in [6.45, 7) is 4.18. The maximum absolute atomic E-state index is 10.9. The summed E-state index contributed by atoms with van der Waals surface area (Å²) >= 11 is 0. The van der Waals surface area contributed by atoms with Gasteiger partial charge in [0.05, 0.1) is 33.0 Å². The molecule has 108 valence electrons. The molecule has 0 aromatic heterocycles. The van der Waals surface area contributed by atoms with Crippen LogP contribution in [0.5, 0.6) is 0 Å². The summed E-state index contributed by atoms with van der Waals surface area (Å²) in [5, 5.41) is 2.39. The van der Waals surface area contributed by atoms with Crippen LogP contribution in [0.4, 0.5) is 9.59 Å². The monoisotopic (exact) mass is 273 g/mol. The Morgan fingerprint density at radius 1 is 0.947 bits per heavy atom. The van der Waals surface area contributed by atoms with Crippen molar-refractivity contribution in [3.63, 3.8) is 0 Å². The number of nitrogens with one attached hydrogen (secondary N) is 1. The fourth-order valence-corrected chi connectivity index (χ4v) is 0.979. The van der Waals surface area contributed by atoms with Gasteiger partial charge in [0, 0.05) is 6.54 Å². The van der Waals surface area contributed by atoms with Crippen LogP contribution in [0.25, 0.3) is 0 Å². The molecule has 0 rings (SSSR count). The molecule has 8 heteroatoms. The molecule has 0 bridgehead atoms. The maximum Gasteiger partial charge on any atom is 0.508 e. The van der Waals surface area contributed by atoms with E-state index in [1.807, 2.05) is 6.92 Å². The molecule has 1 N–H and O–H groups in total. The number of ether oxygens (including phenoxy) is 4. The molecule has 0 aliphatic carbocycles. The number of rotatable bonds is 11. The molecule has 0 aliphatic rings. The van der Waals surface area contributed by atoms with Gasteiger partial charge in [0.1, 0.15) is 6.61 Å². The molecular formula is C11H20BNO6. The van der Waals surface area contributed by atoms with Gasteiger partial charge in [-0.2, -0.15) is 0 Å². The van der Waals surface area contributed by atoms with Gasteiger partial charge in [-0.3, -0.25) is 4.79 Å². The molecule has 0 saturated heterocycles. The lowest BCUT2D eigenvalue weighted by Crippen LogP contribution is -2.26. The molecule has 19 heavy (non-hydrogen) atoms. The van der Waals surface area contributed by atoms with Crippen molar-refractivity contribution in [1.82, 2.24) is 5.32 Å². The highest BCUT2D eigenvalue weighted by Gasteiger charge is 2.01. The Hall–Kier alpha value is -1.28. The highest BCUT2D eigenvalue weighted by atomic mass is 16.7. The number of carbonyl (C=O) groups excluding carboxylic acids is 2. The van der Waals surface area contributed by atoms with Crippen LogP contribution < -0.4 is 5.32 Å². The van der Waals surface area contributed by atoms with Crippen LogP contribution in [0.2, 0.25) is 0 Å². The van der Waals surface area contributed by atoms with E-state index in [4.69, 9.17) is 26.8 Å². The van der Waals surface area contributed by atoms with E-state index in [9.17, 15) is 9.59 Å². The van der Waals surface area contributed by atoms with Gasteiger partial charge in [0.15, 0.2) is 13.7 Å². The predicted molar refractivity (Wildman–Crippen MR) is 68.4 cm³/mol. The first-order valence-corrected chi connectivity index (χ1v) is 6.15. The molecule has 0 aliphatic heterocycles. The fraction of sp³-hybridized carbons (Fsp3) is 0.818. The molecule has 0 aromatic rings. The minimum Gasteiger partial charge on any atom is -0.434 e. The van der Waals surface area contributed by atoms with Crippen molar-refractivity contribution in [2.75, 3.05) is 46.2 Å². The molecule has 0 atom stereocenters.